The second-order valence-electron chi connectivity index (χ2n) is 4.34. The predicted molar refractivity (Wildman–Crippen MR) is 70.9 cm³/mol. The van der Waals surface area contributed by atoms with Crippen molar-refractivity contribution in [2.45, 2.75) is 45.1 Å². The Morgan fingerprint density at radius 3 is 3.00 bits per heavy atom. The van der Waals surface area contributed by atoms with E-state index in [4.69, 9.17) is 0 Å². The number of amides is 1. The van der Waals surface area contributed by atoms with Gasteiger partial charge < -0.3 is 10.6 Å². The van der Waals surface area contributed by atoms with E-state index in [0.29, 0.717) is 12.5 Å². The first-order valence-corrected chi connectivity index (χ1v) is 7.56. The van der Waals surface area contributed by atoms with Crippen LogP contribution in [0, 0.1) is 0 Å². The third-order valence-corrected chi connectivity index (χ3v) is 3.91. The van der Waals surface area contributed by atoms with Crippen LogP contribution in [0.2, 0.25) is 0 Å². The lowest BCUT2D eigenvalue weighted by molar-refractivity contribution is -0.121. The van der Waals surface area contributed by atoms with Gasteiger partial charge in [0.05, 0.1) is 0 Å². The molecule has 2 N–H and O–H groups in total. The molecule has 0 bridgehead atoms. The Bertz CT molecular complexity index is 193. The molecule has 0 aromatic heterocycles. The molecule has 1 fully saturated rings. The zero-order valence-corrected chi connectivity index (χ0v) is 11.1. The van der Waals surface area contributed by atoms with E-state index in [1.165, 1.54) is 25.0 Å². The van der Waals surface area contributed by atoms with E-state index in [2.05, 4.69) is 17.6 Å². The fourth-order valence-electron chi connectivity index (χ4n) is 1.83. The molecule has 1 unspecified atom stereocenters. The van der Waals surface area contributed by atoms with E-state index in [0.717, 1.165) is 25.3 Å². The van der Waals surface area contributed by atoms with Gasteiger partial charge in [0.2, 0.25) is 5.91 Å². The molecule has 94 valence electrons. The van der Waals surface area contributed by atoms with E-state index in [1.807, 2.05) is 11.8 Å². The van der Waals surface area contributed by atoms with Gasteiger partial charge in [-0.3, -0.25) is 4.79 Å². The minimum atomic E-state index is 0.205. The Balaban J connectivity index is 1.97. The minimum Gasteiger partial charge on any atom is -0.356 e. The summed E-state index contributed by atoms with van der Waals surface area (Å²) in [6.07, 6.45) is 5.51. The molecule has 4 heteroatoms. The van der Waals surface area contributed by atoms with E-state index < -0.39 is 0 Å². The van der Waals surface area contributed by atoms with Gasteiger partial charge in [-0.2, -0.15) is 11.8 Å². The molecular formula is C12H24N2OS. The Labute approximate surface area is 103 Å². The van der Waals surface area contributed by atoms with Gasteiger partial charge in [-0.05, 0) is 6.42 Å². The average molecular weight is 244 g/mol. The monoisotopic (exact) mass is 244 g/mol. The summed E-state index contributed by atoms with van der Waals surface area (Å²) < 4.78 is 0. The van der Waals surface area contributed by atoms with Crippen LogP contribution in [0.25, 0.3) is 0 Å². The maximum Gasteiger partial charge on any atom is 0.221 e. The van der Waals surface area contributed by atoms with Crippen LogP contribution in [0.4, 0.5) is 0 Å². The molecule has 1 atom stereocenters. The summed E-state index contributed by atoms with van der Waals surface area (Å²) >= 11 is 1.94. The summed E-state index contributed by atoms with van der Waals surface area (Å²) in [5.41, 5.74) is 0. The lowest BCUT2D eigenvalue weighted by atomic mass is 10.2. The van der Waals surface area contributed by atoms with Crippen LogP contribution in [0.3, 0.4) is 0 Å². The third kappa shape index (κ3) is 6.38. The molecular weight excluding hydrogens is 220 g/mol. The molecule has 0 saturated carbocycles. The number of carbonyl (C=O) groups is 1. The molecule has 1 heterocycles. The number of rotatable bonds is 7. The van der Waals surface area contributed by atoms with E-state index >= 15 is 0 Å². The van der Waals surface area contributed by atoms with Gasteiger partial charge in [0.1, 0.15) is 0 Å². The highest BCUT2D eigenvalue weighted by molar-refractivity contribution is 7.99. The Kier molecular flexibility index (Phi) is 7.68. The number of thioether (sulfide) groups is 1. The second kappa shape index (κ2) is 8.88. The van der Waals surface area contributed by atoms with Crippen molar-refractivity contribution < 1.29 is 4.79 Å². The molecule has 0 aromatic carbocycles. The van der Waals surface area contributed by atoms with Crippen molar-refractivity contribution in [2.75, 3.05) is 24.6 Å². The third-order valence-electron chi connectivity index (χ3n) is 2.78. The number of hydrogen-bond acceptors (Lipinski definition) is 3. The van der Waals surface area contributed by atoms with Crippen molar-refractivity contribution in [1.82, 2.24) is 10.6 Å². The van der Waals surface area contributed by atoms with Gasteiger partial charge >= 0.3 is 0 Å². The quantitative estimate of drug-likeness (QED) is 0.671. The normalized spacial score (nSPS) is 20.7. The molecule has 16 heavy (non-hydrogen) atoms. The van der Waals surface area contributed by atoms with Crippen LogP contribution in [-0.4, -0.2) is 36.5 Å². The summed E-state index contributed by atoms with van der Waals surface area (Å²) in [4.78, 5) is 11.6. The van der Waals surface area contributed by atoms with Gasteiger partial charge in [-0.25, -0.2) is 0 Å². The number of hydrogen-bond donors (Lipinski definition) is 2. The van der Waals surface area contributed by atoms with Crippen molar-refractivity contribution in [1.29, 1.82) is 0 Å². The van der Waals surface area contributed by atoms with Gasteiger partial charge in [0, 0.05) is 37.1 Å². The molecule has 0 radical (unpaired) electrons. The van der Waals surface area contributed by atoms with E-state index in [1.54, 1.807) is 0 Å². The first-order valence-electron chi connectivity index (χ1n) is 6.40. The molecule has 0 aliphatic carbocycles. The lowest BCUT2D eigenvalue weighted by Gasteiger charge is -2.22. The Hall–Kier alpha value is -0.220. The summed E-state index contributed by atoms with van der Waals surface area (Å²) in [6.45, 7) is 4.09. The van der Waals surface area contributed by atoms with Crippen LogP contribution >= 0.6 is 11.8 Å². The molecule has 1 aliphatic heterocycles. The Morgan fingerprint density at radius 2 is 2.31 bits per heavy atom. The van der Waals surface area contributed by atoms with E-state index in [-0.39, 0.29) is 5.91 Å². The lowest BCUT2D eigenvalue weighted by Crippen LogP contribution is -2.41. The van der Waals surface area contributed by atoms with Gasteiger partial charge in [0.25, 0.3) is 0 Å². The molecule has 1 rings (SSSR count). The first-order chi connectivity index (χ1) is 7.83. The number of unbranched alkanes of at least 4 members (excludes halogenated alkanes) is 3. The maximum atomic E-state index is 11.6. The average Bonchev–Trinajstić information content (AvgIpc) is 2.30. The van der Waals surface area contributed by atoms with Crippen molar-refractivity contribution in [2.24, 2.45) is 0 Å². The molecule has 0 aromatic rings. The highest BCUT2D eigenvalue weighted by atomic mass is 32.2. The molecule has 3 nitrogen and oxygen atoms in total. The minimum absolute atomic E-state index is 0.205. The van der Waals surface area contributed by atoms with Crippen LogP contribution in [0.5, 0.6) is 0 Å². The summed E-state index contributed by atoms with van der Waals surface area (Å²) in [6, 6.07) is 0.384. The van der Waals surface area contributed by atoms with Crippen LogP contribution in [-0.2, 0) is 4.79 Å². The Morgan fingerprint density at radius 1 is 1.44 bits per heavy atom. The molecule has 1 saturated heterocycles. The smallest absolute Gasteiger partial charge is 0.221 e. The predicted octanol–water partition coefficient (Wildman–Crippen LogP) is 1.78. The SMILES string of the molecule is CCCCCCNC(=O)CC1CSCCN1. The van der Waals surface area contributed by atoms with Crippen LogP contribution in [0.1, 0.15) is 39.0 Å². The maximum absolute atomic E-state index is 11.6. The summed E-state index contributed by atoms with van der Waals surface area (Å²) in [7, 11) is 0. The largest absolute Gasteiger partial charge is 0.356 e. The van der Waals surface area contributed by atoms with E-state index in [9.17, 15) is 4.79 Å². The second-order valence-corrected chi connectivity index (χ2v) is 5.49. The highest BCUT2D eigenvalue weighted by Gasteiger charge is 2.15. The fourth-order valence-corrected chi connectivity index (χ4v) is 2.78. The van der Waals surface area contributed by atoms with Crippen LogP contribution in [0.15, 0.2) is 0 Å². The number of nitrogens with one attached hydrogen (secondary N) is 2. The fraction of sp³-hybridized carbons (Fsp3) is 0.917. The van der Waals surface area contributed by atoms with Crippen molar-refractivity contribution in [3.63, 3.8) is 0 Å². The molecule has 1 aliphatic rings. The molecule has 0 spiro atoms. The molecule has 1 amide bonds. The standard InChI is InChI=1S/C12H24N2OS/c1-2-3-4-5-6-14-12(15)9-11-10-16-8-7-13-11/h11,13H,2-10H2,1H3,(H,14,15). The van der Waals surface area contributed by atoms with Crippen molar-refractivity contribution in [3.8, 4) is 0 Å². The highest BCUT2D eigenvalue weighted by Crippen LogP contribution is 2.09. The number of carbonyl (C=O) groups excluding carboxylic acids is 1. The zero-order valence-electron chi connectivity index (χ0n) is 10.3. The zero-order chi connectivity index (χ0) is 11.6. The summed E-state index contributed by atoms with van der Waals surface area (Å²) in [5, 5.41) is 6.38. The van der Waals surface area contributed by atoms with Gasteiger partial charge in [-0.1, -0.05) is 26.2 Å². The summed E-state index contributed by atoms with van der Waals surface area (Å²) in [5.74, 6) is 2.45. The topological polar surface area (TPSA) is 41.1 Å². The van der Waals surface area contributed by atoms with Gasteiger partial charge in [0.15, 0.2) is 0 Å². The van der Waals surface area contributed by atoms with Crippen molar-refractivity contribution >= 4 is 17.7 Å². The van der Waals surface area contributed by atoms with Crippen molar-refractivity contribution in [3.05, 3.63) is 0 Å². The van der Waals surface area contributed by atoms with Crippen LogP contribution < -0.4 is 10.6 Å². The van der Waals surface area contributed by atoms with Gasteiger partial charge in [-0.15, -0.1) is 0 Å². The first kappa shape index (κ1) is 13.8.